The lowest BCUT2D eigenvalue weighted by atomic mass is 10.1. The van der Waals surface area contributed by atoms with Gasteiger partial charge in [-0.3, -0.25) is 13.8 Å². The summed E-state index contributed by atoms with van der Waals surface area (Å²) >= 11 is 0. The first-order valence-corrected chi connectivity index (χ1v) is 28.7. The Morgan fingerprint density at radius 3 is 1.31 bits per heavy atom. The topological polar surface area (TPSA) is 105 Å². The molecule has 0 aliphatic heterocycles. The molecule has 0 fully saturated rings. The number of hydrogen-bond acceptors (Lipinski definition) is 5. The Labute approximate surface area is 429 Å². The standard InChI is InChI=1S/C61H101N2O6P/c1-6-8-10-12-14-16-17-18-19-20-21-22-23-24-25-26-27-28-29-30-31-32-33-34-35-36-37-38-39-40-41-42-43-44-45-47-49-51-53-55-61(65)62-59(58-69-70(66,67)68-57-56-63(3,4)5)60(64)54-52-50-48-46-15-13-11-9-7-2/h8,10,14-16,18-19,21-22,24-25,27-28,30-31,33-34,36-37,39-40,46,52,54,59-60,64H,6-7,9,11-13,17,20,23,26,29,32,35,38,41-45,47-51,53,55-58H2,1-5H3,(H-,62,65,66,67)/p+1/b10-8-,16-14-,19-18-,22-21-,25-24-,28-27-,31-30-,34-33-,37-36-,40-39-,46-15+,54-52+. The number of phosphoric ester groups is 1. The Morgan fingerprint density at radius 2 is 0.871 bits per heavy atom. The highest BCUT2D eigenvalue weighted by Gasteiger charge is 2.27. The highest BCUT2D eigenvalue weighted by atomic mass is 31.2. The molecule has 0 radical (unpaired) electrons. The van der Waals surface area contributed by atoms with E-state index in [0.717, 1.165) is 116 Å². The van der Waals surface area contributed by atoms with Gasteiger partial charge in [0, 0.05) is 6.42 Å². The fourth-order valence-electron chi connectivity index (χ4n) is 6.79. The van der Waals surface area contributed by atoms with Gasteiger partial charge in [-0.05, 0) is 109 Å². The highest BCUT2D eigenvalue weighted by Crippen LogP contribution is 2.43. The first-order valence-electron chi connectivity index (χ1n) is 27.2. The van der Waals surface area contributed by atoms with Gasteiger partial charge in [-0.25, -0.2) is 4.57 Å². The van der Waals surface area contributed by atoms with Crippen molar-refractivity contribution in [2.45, 2.75) is 193 Å². The quantitative estimate of drug-likeness (QED) is 0.0243. The molecule has 0 rings (SSSR count). The van der Waals surface area contributed by atoms with E-state index in [2.05, 4.69) is 153 Å². The zero-order chi connectivity index (χ0) is 51.3. The van der Waals surface area contributed by atoms with Gasteiger partial charge in [-0.1, -0.05) is 211 Å². The van der Waals surface area contributed by atoms with E-state index in [9.17, 15) is 19.4 Å². The zero-order valence-corrected chi connectivity index (χ0v) is 45.8. The van der Waals surface area contributed by atoms with Gasteiger partial charge in [0.25, 0.3) is 0 Å². The maximum atomic E-state index is 12.9. The minimum absolute atomic E-state index is 0.0465. The molecule has 396 valence electrons. The van der Waals surface area contributed by atoms with Crippen molar-refractivity contribution < 1.29 is 32.9 Å². The van der Waals surface area contributed by atoms with Gasteiger partial charge < -0.3 is 19.8 Å². The molecule has 3 N–H and O–H groups in total. The Hall–Kier alpha value is -3.62. The molecule has 70 heavy (non-hydrogen) atoms. The number of amides is 1. The second kappa shape index (κ2) is 50.3. The summed E-state index contributed by atoms with van der Waals surface area (Å²) in [5, 5.41) is 13.8. The van der Waals surface area contributed by atoms with Crippen LogP contribution in [0, 0.1) is 0 Å². The molecule has 0 aliphatic carbocycles. The number of likely N-dealkylation sites (N-methyl/N-ethyl adjacent to an activating group) is 1. The van der Waals surface area contributed by atoms with E-state index in [1.807, 2.05) is 27.2 Å². The average Bonchev–Trinajstić information content (AvgIpc) is 3.32. The lowest BCUT2D eigenvalue weighted by molar-refractivity contribution is -0.870. The van der Waals surface area contributed by atoms with Crippen LogP contribution < -0.4 is 5.32 Å². The normalized spacial score (nSPS) is 15.1. The lowest BCUT2D eigenvalue weighted by Gasteiger charge is -2.25. The fourth-order valence-corrected chi connectivity index (χ4v) is 7.52. The maximum absolute atomic E-state index is 12.9. The van der Waals surface area contributed by atoms with E-state index in [1.165, 1.54) is 44.9 Å². The number of phosphoric acid groups is 1. The summed E-state index contributed by atoms with van der Waals surface area (Å²) in [7, 11) is 1.52. The summed E-state index contributed by atoms with van der Waals surface area (Å²) in [6, 6.07) is -0.876. The van der Waals surface area contributed by atoms with Gasteiger partial charge in [0.05, 0.1) is 39.9 Å². The monoisotopic (exact) mass is 990 g/mol. The van der Waals surface area contributed by atoms with Crippen LogP contribution in [-0.4, -0.2) is 73.4 Å². The molecule has 0 aromatic rings. The number of unbranched alkanes of at least 4 members (excludes halogenated alkanes) is 12. The van der Waals surface area contributed by atoms with Gasteiger partial charge in [0.15, 0.2) is 0 Å². The number of carbonyl (C=O) groups is 1. The number of aliphatic hydroxyl groups excluding tert-OH is 1. The van der Waals surface area contributed by atoms with Crippen molar-refractivity contribution in [2.75, 3.05) is 40.9 Å². The molecule has 1 amide bonds. The number of quaternary nitrogens is 1. The van der Waals surface area contributed by atoms with Crippen LogP contribution in [-0.2, 0) is 18.4 Å². The van der Waals surface area contributed by atoms with Crippen molar-refractivity contribution in [2.24, 2.45) is 0 Å². The molecule has 0 bridgehead atoms. The minimum atomic E-state index is -4.36. The molecule has 8 nitrogen and oxygen atoms in total. The van der Waals surface area contributed by atoms with Crippen molar-refractivity contribution in [1.82, 2.24) is 5.32 Å². The van der Waals surface area contributed by atoms with E-state index < -0.39 is 20.0 Å². The highest BCUT2D eigenvalue weighted by molar-refractivity contribution is 7.47. The van der Waals surface area contributed by atoms with Crippen LogP contribution in [0.1, 0.15) is 181 Å². The molecule has 3 unspecified atom stereocenters. The molecule has 0 spiro atoms. The van der Waals surface area contributed by atoms with Crippen LogP contribution in [0.2, 0.25) is 0 Å². The summed E-state index contributed by atoms with van der Waals surface area (Å²) < 4.78 is 23.5. The molecule has 0 aromatic heterocycles. The van der Waals surface area contributed by atoms with E-state index in [4.69, 9.17) is 9.05 Å². The predicted molar refractivity (Wildman–Crippen MR) is 304 cm³/mol. The molecular weight excluding hydrogens is 888 g/mol. The lowest BCUT2D eigenvalue weighted by Crippen LogP contribution is -2.45. The van der Waals surface area contributed by atoms with Crippen molar-refractivity contribution in [1.29, 1.82) is 0 Å². The third kappa shape index (κ3) is 52.2. The van der Waals surface area contributed by atoms with Crippen LogP contribution in [0.3, 0.4) is 0 Å². The minimum Gasteiger partial charge on any atom is -0.387 e. The maximum Gasteiger partial charge on any atom is 0.472 e. The number of rotatable bonds is 47. The number of allylic oxidation sites excluding steroid dienone is 23. The number of nitrogens with one attached hydrogen (secondary N) is 1. The van der Waals surface area contributed by atoms with E-state index >= 15 is 0 Å². The van der Waals surface area contributed by atoms with Crippen LogP contribution in [0.15, 0.2) is 146 Å². The first-order chi connectivity index (χ1) is 34.0. The Morgan fingerprint density at radius 1 is 0.500 bits per heavy atom. The average molecular weight is 990 g/mol. The summed E-state index contributed by atoms with van der Waals surface area (Å²) in [5.41, 5.74) is 0. The third-order valence-electron chi connectivity index (χ3n) is 11.0. The fraction of sp³-hybridized carbons (Fsp3) is 0.590. The summed E-state index contributed by atoms with van der Waals surface area (Å²) in [5.74, 6) is -0.206. The predicted octanol–water partition coefficient (Wildman–Crippen LogP) is 16.5. The van der Waals surface area contributed by atoms with Crippen molar-refractivity contribution in [3.05, 3.63) is 146 Å². The number of carbonyl (C=O) groups excluding carboxylic acids is 1. The smallest absolute Gasteiger partial charge is 0.387 e. The second-order valence-electron chi connectivity index (χ2n) is 18.9. The summed E-state index contributed by atoms with van der Waals surface area (Å²) in [6.07, 6.45) is 78.2. The Balaban J connectivity index is 4.09. The Bertz CT molecular complexity index is 1640. The molecule has 0 heterocycles. The van der Waals surface area contributed by atoms with Crippen LogP contribution in [0.5, 0.6) is 0 Å². The molecule has 9 heteroatoms. The molecule has 0 saturated carbocycles. The first kappa shape index (κ1) is 66.4. The molecule has 0 saturated heterocycles. The van der Waals surface area contributed by atoms with Gasteiger partial charge in [-0.15, -0.1) is 0 Å². The van der Waals surface area contributed by atoms with Crippen molar-refractivity contribution in [3.63, 3.8) is 0 Å². The van der Waals surface area contributed by atoms with Crippen molar-refractivity contribution in [3.8, 4) is 0 Å². The summed E-state index contributed by atoms with van der Waals surface area (Å²) in [6.45, 7) is 4.58. The summed E-state index contributed by atoms with van der Waals surface area (Å²) in [4.78, 5) is 23.1. The third-order valence-corrected chi connectivity index (χ3v) is 12.0. The van der Waals surface area contributed by atoms with Crippen LogP contribution in [0.25, 0.3) is 0 Å². The molecule has 0 aliphatic rings. The van der Waals surface area contributed by atoms with Crippen LogP contribution >= 0.6 is 7.82 Å². The van der Waals surface area contributed by atoms with Gasteiger partial charge in [0.1, 0.15) is 13.2 Å². The van der Waals surface area contributed by atoms with Gasteiger partial charge in [-0.2, -0.15) is 0 Å². The Kier molecular flexibility index (Phi) is 47.7. The number of aliphatic hydroxyl groups is 1. The number of nitrogens with zero attached hydrogens (tertiary/aromatic N) is 1. The zero-order valence-electron chi connectivity index (χ0n) is 44.9. The molecule has 3 atom stereocenters. The second-order valence-corrected chi connectivity index (χ2v) is 20.3. The van der Waals surface area contributed by atoms with Crippen LogP contribution in [0.4, 0.5) is 0 Å². The van der Waals surface area contributed by atoms with E-state index in [1.54, 1.807) is 6.08 Å². The molecular formula is C61H102N2O6P+. The molecule has 0 aromatic carbocycles. The van der Waals surface area contributed by atoms with E-state index in [-0.39, 0.29) is 19.1 Å². The van der Waals surface area contributed by atoms with Gasteiger partial charge in [0.2, 0.25) is 5.91 Å². The van der Waals surface area contributed by atoms with Crippen molar-refractivity contribution >= 4 is 13.7 Å². The number of hydrogen-bond donors (Lipinski definition) is 3. The SMILES string of the molecule is CC/C=C\C/C=C\C/C=C\C/C=C\C/C=C\C/C=C\C/C=C\C/C=C\C/C=C\C/C=C\CCCCCCCCCCC(=O)NC(COP(=O)(O)OCC[N+](C)(C)C)C(O)/C=C/CC/C=C/CCCCC. The van der Waals surface area contributed by atoms with Gasteiger partial charge >= 0.3 is 7.82 Å². The largest absolute Gasteiger partial charge is 0.472 e. The van der Waals surface area contributed by atoms with E-state index in [0.29, 0.717) is 17.4 Å².